The molecule has 1 aromatic carbocycles. The van der Waals surface area contributed by atoms with Crippen molar-refractivity contribution >= 4 is 11.9 Å². The number of aryl methyl sites for hydroxylation is 1. The van der Waals surface area contributed by atoms with E-state index in [-0.39, 0.29) is 12.6 Å². The highest BCUT2D eigenvalue weighted by atomic mass is 16.5. The van der Waals surface area contributed by atoms with Crippen molar-refractivity contribution in [1.82, 2.24) is 4.90 Å². The van der Waals surface area contributed by atoms with Crippen LogP contribution in [0.3, 0.4) is 0 Å². The molecule has 5 heteroatoms. The highest BCUT2D eigenvalue weighted by Gasteiger charge is 2.51. The van der Waals surface area contributed by atoms with Crippen LogP contribution in [0.15, 0.2) is 23.2 Å². The number of aliphatic imine (C=N–C) groups is 1. The third kappa shape index (κ3) is 1.79. The van der Waals surface area contributed by atoms with E-state index in [0.717, 1.165) is 36.1 Å². The Kier molecular flexibility index (Phi) is 3.09. The molecule has 2 aliphatic rings. The van der Waals surface area contributed by atoms with Crippen LogP contribution in [0.4, 0.5) is 4.79 Å². The van der Waals surface area contributed by atoms with Crippen LogP contribution in [0.25, 0.3) is 0 Å². The zero-order chi connectivity index (χ0) is 15.0. The number of amidine groups is 1. The molecule has 0 bridgehead atoms. The number of carbonyl (C=O) groups excluding carboxylic acids is 1. The number of hydrogen-bond acceptors (Lipinski definition) is 3. The first-order chi connectivity index (χ1) is 10.1. The lowest BCUT2D eigenvalue weighted by molar-refractivity contribution is 0.170. The van der Waals surface area contributed by atoms with Gasteiger partial charge in [0.05, 0.1) is 13.7 Å². The minimum atomic E-state index is -0.691. The first-order valence-electron chi connectivity index (χ1n) is 6.90. The third-order valence-corrected chi connectivity index (χ3v) is 4.32. The molecule has 1 atom stereocenters. The van der Waals surface area contributed by atoms with Crippen LogP contribution < -0.4 is 10.5 Å². The zero-order valence-electron chi connectivity index (χ0n) is 11.9. The Hall–Kier alpha value is -2.48. The monoisotopic (exact) mass is 283 g/mol. The maximum atomic E-state index is 12.1. The van der Waals surface area contributed by atoms with Gasteiger partial charge in [-0.05, 0) is 42.5 Å². The molecule has 1 aromatic rings. The van der Waals surface area contributed by atoms with Gasteiger partial charge in [-0.25, -0.2) is 4.79 Å². The Morgan fingerprint density at radius 1 is 1.57 bits per heavy atom. The summed E-state index contributed by atoms with van der Waals surface area (Å²) in [7, 11) is 1.64. The lowest BCUT2D eigenvalue weighted by Gasteiger charge is -2.41. The Balaban J connectivity index is 2.17. The molecule has 3 rings (SSSR count). The summed E-state index contributed by atoms with van der Waals surface area (Å²) >= 11 is 0. The summed E-state index contributed by atoms with van der Waals surface area (Å²) in [5.41, 5.74) is 7.58. The molecule has 1 aliphatic heterocycles. The smallest absolute Gasteiger partial charge is 0.347 e. The molecule has 1 aliphatic carbocycles. The largest absolute Gasteiger partial charge is 0.497 e. The van der Waals surface area contributed by atoms with Gasteiger partial charge in [-0.1, -0.05) is 12.0 Å². The van der Waals surface area contributed by atoms with Gasteiger partial charge in [-0.3, -0.25) is 4.90 Å². The van der Waals surface area contributed by atoms with Gasteiger partial charge in [0.1, 0.15) is 17.1 Å². The van der Waals surface area contributed by atoms with Crippen LogP contribution in [0, 0.1) is 12.3 Å². The van der Waals surface area contributed by atoms with Crippen molar-refractivity contribution in [3.63, 3.8) is 0 Å². The van der Waals surface area contributed by atoms with Gasteiger partial charge < -0.3 is 10.5 Å². The Morgan fingerprint density at radius 3 is 3.10 bits per heavy atom. The fraction of sp³-hybridized carbons (Fsp3) is 0.375. The summed E-state index contributed by atoms with van der Waals surface area (Å²) in [6.45, 7) is 0.203. The van der Waals surface area contributed by atoms with E-state index in [1.165, 1.54) is 0 Å². The molecular formula is C16H17N3O2. The first-order valence-corrected chi connectivity index (χ1v) is 6.90. The number of hydrogen-bond donors (Lipinski definition) is 1. The summed E-state index contributed by atoms with van der Waals surface area (Å²) in [5, 5.41) is 0. The molecule has 0 radical (unpaired) electrons. The molecule has 0 saturated carbocycles. The van der Waals surface area contributed by atoms with Gasteiger partial charge in [-0.2, -0.15) is 4.99 Å². The van der Waals surface area contributed by atoms with E-state index in [1.54, 1.807) is 12.0 Å². The molecule has 0 aromatic heterocycles. The number of methoxy groups -OCH3 is 1. The molecule has 0 saturated heterocycles. The van der Waals surface area contributed by atoms with E-state index < -0.39 is 5.54 Å². The van der Waals surface area contributed by atoms with Crippen molar-refractivity contribution in [2.75, 3.05) is 13.7 Å². The second kappa shape index (κ2) is 4.81. The number of benzene rings is 1. The van der Waals surface area contributed by atoms with E-state index in [9.17, 15) is 4.79 Å². The van der Waals surface area contributed by atoms with Crippen LogP contribution in [0.2, 0.25) is 0 Å². The van der Waals surface area contributed by atoms with Gasteiger partial charge >= 0.3 is 6.03 Å². The average Bonchev–Trinajstić information content (AvgIpc) is 2.72. The predicted octanol–water partition coefficient (Wildman–Crippen LogP) is 1.65. The van der Waals surface area contributed by atoms with E-state index in [2.05, 4.69) is 10.9 Å². The molecule has 108 valence electrons. The molecule has 2 N–H and O–H groups in total. The Bertz CT molecular complexity index is 675. The third-order valence-electron chi connectivity index (χ3n) is 4.32. The Labute approximate surface area is 123 Å². The van der Waals surface area contributed by atoms with E-state index in [1.807, 2.05) is 18.2 Å². The summed E-state index contributed by atoms with van der Waals surface area (Å²) in [4.78, 5) is 17.7. The van der Waals surface area contributed by atoms with E-state index >= 15 is 0 Å². The molecule has 1 spiro atoms. The van der Waals surface area contributed by atoms with Crippen molar-refractivity contribution in [3.8, 4) is 18.1 Å². The fourth-order valence-electron chi connectivity index (χ4n) is 3.37. The predicted molar refractivity (Wildman–Crippen MR) is 80.2 cm³/mol. The second-order valence-corrected chi connectivity index (χ2v) is 5.31. The molecule has 1 unspecified atom stereocenters. The molecule has 0 fully saturated rings. The van der Waals surface area contributed by atoms with Crippen molar-refractivity contribution in [3.05, 3.63) is 29.3 Å². The molecule has 1 heterocycles. The van der Waals surface area contributed by atoms with Gasteiger partial charge in [0.25, 0.3) is 0 Å². The number of amides is 2. The number of terminal acetylenes is 1. The van der Waals surface area contributed by atoms with E-state index in [0.29, 0.717) is 5.84 Å². The summed E-state index contributed by atoms with van der Waals surface area (Å²) in [6, 6.07) is 5.50. The average molecular weight is 283 g/mol. The fourth-order valence-corrected chi connectivity index (χ4v) is 3.37. The molecular weight excluding hydrogens is 266 g/mol. The highest BCUT2D eigenvalue weighted by molar-refractivity contribution is 6.06. The van der Waals surface area contributed by atoms with Gasteiger partial charge in [0.15, 0.2) is 0 Å². The number of rotatable bonds is 2. The van der Waals surface area contributed by atoms with Gasteiger partial charge in [0, 0.05) is 0 Å². The number of carbonyl (C=O) groups is 1. The van der Waals surface area contributed by atoms with E-state index in [4.69, 9.17) is 16.9 Å². The van der Waals surface area contributed by atoms with Crippen molar-refractivity contribution in [2.45, 2.75) is 24.8 Å². The quantitative estimate of drug-likeness (QED) is 0.839. The minimum absolute atomic E-state index is 0.203. The Morgan fingerprint density at radius 2 is 2.38 bits per heavy atom. The van der Waals surface area contributed by atoms with Crippen molar-refractivity contribution in [1.29, 1.82) is 0 Å². The number of urea groups is 1. The van der Waals surface area contributed by atoms with Crippen molar-refractivity contribution < 1.29 is 9.53 Å². The summed E-state index contributed by atoms with van der Waals surface area (Å²) in [5.74, 6) is 3.68. The maximum Gasteiger partial charge on any atom is 0.347 e. The SMILES string of the molecule is C#CCN1C(=O)N=C(N)C12CCCc1cc(OC)ccc12. The summed E-state index contributed by atoms with van der Waals surface area (Å²) in [6.07, 6.45) is 8.01. The normalized spacial score (nSPS) is 23.7. The molecule has 5 nitrogen and oxygen atoms in total. The molecule has 21 heavy (non-hydrogen) atoms. The van der Waals surface area contributed by atoms with Gasteiger partial charge in [-0.15, -0.1) is 6.42 Å². The first kappa shape index (κ1) is 13.5. The topological polar surface area (TPSA) is 67.9 Å². The number of nitrogens with zero attached hydrogens (tertiary/aromatic N) is 2. The van der Waals surface area contributed by atoms with Crippen molar-refractivity contribution in [2.24, 2.45) is 10.7 Å². The second-order valence-electron chi connectivity index (χ2n) is 5.31. The minimum Gasteiger partial charge on any atom is -0.497 e. The zero-order valence-corrected chi connectivity index (χ0v) is 11.9. The van der Waals surface area contributed by atoms with Crippen LogP contribution in [-0.2, 0) is 12.0 Å². The number of nitrogens with two attached hydrogens (primary N) is 1. The summed E-state index contributed by atoms with van der Waals surface area (Å²) < 4.78 is 5.28. The maximum absolute atomic E-state index is 12.1. The van der Waals surface area contributed by atoms with Gasteiger partial charge in [0.2, 0.25) is 0 Å². The standard InChI is InChI=1S/C16H17N3O2/c1-3-9-19-15(20)18-14(17)16(19)8-4-5-11-10-12(21-2)6-7-13(11)16/h1,6-7,10H,4-5,8-9H2,2H3,(H2,17,18,20). The number of fused-ring (bicyclic) bond motifs is 2. The van der Waals surface area contributed by atoms with Crippen LogP contribution in [-0.4, -0.2) is 30.4 Å². The molecule has 2 amide bonds. The van der Waals surface area contributed by atoms with Crippen LogP contribution in [0.1, 0.15) is 24.0 Å². The lowest BCUT2D eigenvalue weighted by Crippen LogP contribution is -2.53. The van der Waals surface area contributed by atoms with Crippen LogP contribution >= 0.6 is 0 Å². The van der Waals surface area contributed by atoms with Crippen LogP contribution in [0.5, 0.6) is 5.75 Å². The number of ether oxygens (including phenoxy) is 1. The lowest BCUT2D eigenvalue weighted by atomic mass is 9.75. The highest BCUT2D eigenvalue weighted by Crippen LogP contribution is 2.44.